The highest BCUT2D eigenvalue weighted by atomic mass is 16.6. The van der Waals surface area contributed by atoms with Crippen LogP contribution in [-0.4, -0.2) is 17.6 Å². The van der Waals surface area contributed by atoms with E-state index < -0.39 is 6.09 Å². The van der Waals surface area contributed by atoms with Gasteiger partial charge in [0, 0.05) is 43.1 Å². The van der Waals surface area contributed by atoms with Crippen molar-refractivity contribution in [3.63, 3.8) is 0 Å². The molecule has 2 aromatic carbocycles. The number of fused-ring (bicyclic) bond motifs is 1. The summed E-state index contributed by atoms with van der Waals surface area (Å²) in [6.45, 7) is 6.58. The van der Waals surface area contributed by atoms with Crippen LogP contribution in [0.4, 0.5) is 10.5 Å². The van der Waals surface area contributed by atoms with Crippen molar-refractivity contribution in [3.8, 4) is 5.75 Å². The predicted octanol–water partition coefficient (Wildman–Crippen LogP) is 4.67. The molecule has 0 radical (unpaired) electrons. The summed E-state index contributed by atoms with van der Waals surface area (Å²) >= 11 is 0. The van der Waals surface area contributed by atoms with Crippen LogP contribution in [0.25, 0.3) is 0 Å². The predicted molar refractivity (Wildman–Crippen MR) is 114 cm³/mol. The van der Waals surface area contributed by atoms with Gasteiger partial charge in [-0.15, -0.1) is 0 Å². The Balaban J connectivity index is 1.45. The van der Waals surface area contributed by atoms with Crippen LogP contribution in [0.15, 0.2) is 73.1 Å². The summed E-state index contributed by atoms with van der Waals surface area (Å²) in [7, 11) is 0. The molecule has 5 heteroatoms. The van der Waals surface area contributed by atoms with E-state index in [1.165, 1.54) is 16.8 Å². The molecule has 0 bridgehead atoms. The molecule has 5 nitrogen and oxygen atoms in total. The largest absolute Gasteiger partial charge is 0.412 e. The van der Waals surface area contributed by atoms with Crippen molar-refractivity contribution in [2.75, 3.05) is 11.4 Å². The molecular formula is C24H25N3O2. The van der Waals surface area contributed by atoms with Gasteiger partial charge in [-0.3, -0.25) is 4.98 Å². The quantitative estimate of drug-likeness (QED) is 0.691. The molecule has 0 saturated carbocycles. The van der Waals surface area contributed by atoms with Gasteiger partial charge in [0.25, 0.3) is 0 Å². The molecule has 1 aliphatic heterocycles. The maximum absolute atomic E-state index is 12.2. The molecule has 1 N–H and O–H groups in total. The molecule has 1 aromatic heterocycles. The Morgan fingerprint density at radius 2 is 1.90 bits per heavy atom. The van der Waals surface area contributed by atoms with Crippen molar-refractivity contribution in [1.29, 1.82) is 0 Å². The number of hydrogen-bond acceptors (Lipinski definition) is 4. The monoisotopic (exact) mass is 387 g/mol. The van der Waals surface area contributed by atoms with Crippen LogP contribution in [-0.2, 0) is 18.5 Å². The van der Waals surface area contributed by atoms with E-state index in [0.717, 1.165) is 18.7 Å². The summed E-state index contributed by atoms with van der Waals surface area (Å²) in [6.07, 6.45) is 3.24. The van der Waals surface area contributed by atoms with Gasteiger partial charge in [-0.1, -0.05) is 50.2 Å². The maximum atomic E-state index is 12.2. The first kappa shape index (κ1) is 19.0. The molecule has 0 unspecified atom stereocenters. The zero-order valence-corrected chi connectivity index (χ0v) is 16.8. The van der Waals surface area contributed by atoms with E-state index in [9.17, 15) is 4.79 Å². The second-order valence-electron chi connectivity index (χ2n) is 8.01. The molecular weight excluding hydrogens is 362 g/mol. The molecule has 1 amide bonds. The number of ether oxygens (including phenoxy) is 1. The third-order valence-electron chi connectivity index (χ3n) is 5.21. The van der Waals surface area contributed by atoms with Crippen LogP contribution < -0.4 is 15.0 Å². The first-order valence-electron chi connectivity index (χ1n) is 9.79. The van der Waals surface area contributed by atoms with Gasteiger partial charge in [0.2, 0.25) is 0 Å². The van der Waals surface area contributed by atoms with E-state index in [2.05, 4.69) is 35.1 Å². The summed E-state index contributed by atoms with van der Waals surface area (Å²) < 4.78 is 5.53. The second kappa shape index (κ2) is 7.95. The Labute approximate surface area is 171 Å². The Morgan fingerprint density at radius 3 is 2.66 bits per heavy atom. The molecule has 0 fully saturated rings. The van der Waals surface area contributed by atoms with Gasteiger partial charge in [0.15, 0.2) is 0 Å². The highest BCUT2D eigenvalue weighted by molar-refractivity contribution is 5.72. The van der Waals surface area contributed by atoms with Crippen molar-refractivity contribution in [2.45, 2.75) is 32.4 Å². The minimum atomic E-state index is -0.447. The van der Waals surface area contributed by atoms with Crippen LogP contribution in [0.2, 0.25) is 0 Å². The van der Waals surface area contributed by atoms with E-state index >= 15 is 0 Å². The zero-order valence-electron chi connectivity index (χ0n) is 16.8. The second-order valence-corrected chi connectivity index (χ2v) is 8.01. The number of hydrogen-bond donors (Lipinski definition) is 1. The van der Waals surface area contributed by atoms with Gasteiger partial charge in [0.05, 0.1) is 0 Å². The minimum absolute atomic E-state index is 0.0303. The van der Waals surface area contributed by atoms with Gasteiger partial charge < -0.3 is 15.0 Å². The van der Waals surface area contributed by atoms with Crippen LogP contribution in [0.3, 0.4) is 0 Å². The third kappa shape index (κ3) is 4.40. The highest BCUT2D eigenvalue weighted by Crippen LogP contribution is 2.42. The first-order valence-corrected chi connectivity index (χ1v) is 9.79. The number of carbonyl (C=O) groups is 1. The van der Waals surface area contributed by atoms with Gasteiger partial charge in [0.1, 0.15) is 5.75 Å². The third-order valence-corrected chi connectivity index (χ3v) is 5.21. The summed E-state index contributed by atoms with van der Waals surface area (Å²) in [5.41, 5.74) is 4.55. The SMILES string of the molecule is CC1(C)CN(Cc2cccnc2)c2ccc(OC(=O)NCc3ccccc3)cc21. The van der Waals surface area contributed by atoms with Crippen molar-refractivity contribution < 1.29 is 9.53 Å². The lowest BCUT2D eigenvalue weighted by molar-refractivity contribution is 0.200. The lowest BCUT2D eigenvalue weighted by Crippen LogP contribution is -2.28. The molecule has 4 rings (SSSR count). The van der Waals surface area contributed by atoms with Gasteiger partial charge >= 0.3 is 6.09 Å². The van der Waals surface area contributed by atoms with Crippen LogP contribution >= 0.6 is 0 Å². The molecule has 0 aliphatic carbocycles. The number of benzene rings is 2. The summed E-state index contributed by atoms with van der Waals surface area (Å²) in [5.74, 6) is 0.561. The van der Waals surface area contributed by atoms with Crippen LogP contribution in [0.5, 0.6) is 5.75 Å². The normalized spacial score (nSPS) is 14.3. The average Bonchev–Trinajstić information content (AvgIpc) is 2.97. The minimum Gasteiger partial charge on any atom is -0.410 e. The van der Waals surface area contributed by atoms with Crippen LogP contribution in [0, 0.1) is 0 Å². The fraction of sp³-hybridized carbons (Fsp3) is 0.250. The lowest BCUT2D eigenvalue weighted by atomic mass is 9.87. The van der Waals surface area contributed by atoms with Gasteiger partial charge in [-0.25, -0.2) is 4.79 Å². The summed E-state index contributed by atoms with van der Waals surface area (Å²) in [6, 6.07) is 19.7. The highest BCUT2D eigenvalue weighted by Gasteiger charge is 2.35. The van der Waals surface area contributed by atoms with Crippen molar-refractivity contribution in [2.24, 2.45) is 0 Å². The Hall–Kier alpha value is -3.34. The number of anilines is 1. The number of carbonyl (C=O) groups excluding carboxylic acids is 1. The molecule has 0 saturated heterocycles. The van der Waals surface area contributed by atoms with Crippen LogP contribution in [0.1, 0.15) is 30.5 Å². The Morgan fingerprint density at radius 1 is 1.10 bits per heavy atom. The standard InChI is InChI=1S/C24H25N3O2/c1-24(2)17-27(16-19-9-6-12-25-14-19)22-11-10-20(13-21(22)24)29-23(28)26-15-18-7-4-3-5-8-18/h3-14H,15-17H2,1-2H3,(H,26,28). The fourth-order valence-electron chi connectivity index (χ4n) is 3.81. The smallest absolute Gasteiger partial charge is 0.410 e. The summed E-state index contributed by atoms with van der Waals surface area (Å²) in [4.78, 5) is 18.8. The maximum Gasteiger partial charge on any atom is 0.412 e. The number of nitrogens with zero attached hydrogens (tertiary/aromatic N) is 2. The molecule has 1 aliphatic rings. The van der Waals surface area contributed by atoms with E-state index in [0.29, 0.717) is 12.3 Å². The fourth-order valence-corrected chi connectivity index (χ4v) is 3.81. The topological polar surface area (TPSA) is 54.5 Å². The zero-order chi connectivity index (χ0) is 20.3. The van der Waals surface area contributed by atoms with Crippen molar-refractivity contribution >= 4 is 11.8 Å². The first-order chi connectivity index (χ1) is 14.0. The number of pyridine rings is 1. The number of nitrogens with one attached hydrogen (secondary N) is 1. The lowest BCUT2D eigenvalue weighted by Gasteiger charge is -2.22. The Bertz CT molecular complexity index is 988. The molecule has 148 valence electrons. The molecule has 0 atom stereocenters. The van der Waals surface area contributed by atoms with E-state index in [4.69, 9.17) is 4.74 Å². The average molecular weight is 387 g/mol. The molecule has 29 heavy (non-hydrogen) atoms. The summed E-state index contributed by atoms with van der Waals surface area (Å²) in [5, 5.41) is 2.80. The van der Waals surface area contributed by atoms with Crippen molar-refractivity contribution in [1.82, 2.24) is 10.3 Å². The Kier molecular flexibility index (Phi) is 5.21. The molecule has 3 aromatic rings. The molecule has 0 spiro atoms. The number of amides is 1. The van der Waals surface area contributed by atoms with Gasteiger partial charge in [-0.2, -0.15) is 0 Å². The number of rotatable bonds is 5. The van der Waals surface area contributed by atoms with Crippen molar-refractivity contribution in [3.05, 3.63) is 89.7 Å². The number of aromatic nitrogens is 1. The van der Waals surface area contributed by atoms with E-state index in [1.807, 2.05) is 60.8 Å². The van der Waals surface area contributed by atoms with E-state index in [1.54, 1.807) is 6.20 Å². The molecule has 2 heterocycles. The van der Waals surface area contributed by atoms with E-state index in [-0.39, 0.29) is 5.41 Å². The van der Waals surface area contributed by atoms with Gasteiger partial charge in [-0.05, 0) is 41.0 Å².